The van der Waals surface area contributed by atoms with E-state index in [-0.39, 0.29) is 23.5 Å². The Kier molecular flexibility index (Phi) is 9.45. The van der Waals surface area contributed by atoms with E-state index in [1.54, 1.807) is 31.4 Å². The van der Waals surface area contributed by atoms with Crippen LogP contribution in [0.5, 0.6) is 5.75 Å². The van der Waals surface area contributed by atoms with E-state index in [0.29, 0.717) is 42.7 Å². The molecule has 4 aliphatic rings. The number of ketones is 1. The van der Waals surface area contributed by atoms with Crippen LogP contribution in [0.4, 0.5) is 0 Å². The number of nitrogens with zero attached hydrogens (tertiary/aromatic N) is 1. The van der Waals surface area contributed by atoms with E-state index >= 15 is 0 Å². The fourth-order valence-electron chi connectivity index (χ4n) is 7.84. The van der Waals surface area contributed by atoms with E-state index in [9.17, 15) is 19.8 Å². The average molecular weight is 589 g/mol. The largest absolute Gasteiger partial charge is 0.497 e. The minimum absolute atomic E-state index is 0.0199. The number of primary amides is 1. The lowest BCUT2D eigenvalue weighted by Gasteiger charge is -2.47. The molecule has 2 aromatic carbocycles. The molecule has 0 spiro atoms. The third-order valence-corrected chi connectivity index (χ3v) is 10.7. The zero-order valence-electron chi connectivity index (χ0n) is 26.0. The summed E-state index contributed by atoms with van der Waals surface area (Å²) in [6.45, 7) is 6.37. The van der Waals surface area contributed by atoms with Crippen molar-refractivity contribution in [3.63, 3.8) is 0 Å². The highest BCUT2D eigenvalue weighted by molar-refractivity contribution is 6.10. The molecule has 3 aliphatic carbocycles. The van der Waals surface area contributed by atoms with Crippen LogP contribution in [-0.2, 0) is 11.2 Å². The number of benzene rings is 2. The van der Waals surface area contributed by atoms with Crippen molar-refractivity contribution in [3.05, 3.63) is 76.4 Å². The van der Waals surface area contributed by atoms with E-state index in [2.05, 4.69) is 37.0 Å². The Morgan fingerprint density at radius 2 is 1.77 bits per heavy atom. The van der Waals surface area contributed by atoms with Crippen LogP contribution in [0.25, 0.3) is 0 Å². The second-order valence-corrected chi connectivity index (χ2v) is 13.5. The molecule has 1 saturated heterocycles. The SMILES string of the molecule is COc1ccc(C(=O)c2cc3ccc2[C@@H]2CC[C@@](O)(CN4CCC(C(N)=O)CC4)[C@@]2(C)CCC=C(C)CC[C@H](O)C3)cc1. The van der Waals surface area contributed by atoms with Gasteiger partial charge in [-0.1, -0.05) is 30.7 Å². The van der Waals surface area contributed by atoms with Gasteiger partial charge in [0.15, 0.2) is 5.78 Å². The summed E-state index contributed by atoms with van der Waals surface area (Å²) >= 11 is 0. The monoisotopic (exact) mass is 588 g/mol. The number of amides is 1. The number of aliphatic hydroxyl groups is 2. The fraction of sp³-hybridized carbons (Fsp3) is 0.556. The summed E-state index contributed by atoms with van der Waals surface area (Å²) in [5, 5.41) is 23.4. The van der Waals surface area contributed by atoms with Crippen molar-refractivity contribution in [2.75, 3.05) is 26.7 Å². The van der Waals surface area contributed by atoms with Crippen molar-refractivity contribution < 1.29 is 24.5 Å². The van der Waals surface area contributed by atoms with Gasteiger partial charge in [-0.05, 0) is 125 Å². The number of allylic oxidation sites excluding steroid dienone is 2. The maximum atomic E-state index is 14.2. The molecule has 4 N–H and O–H groups in total. The van der Waals surface area contributed by atoms with Crippen molar-refractivity contribution in [3.8, 4) is 5.75 Å². The maximum absolute atomic E-state index is 14.2. The molecule has 2 fully saturated rings. The van der Waals surface area contributed by atoms with Crippen molar-refractivity contribution in [1.29, 1.82) is 0 Å². The van der Waals surface area contributed by atoms with Gasteiger partial charge in [-0.15, -0.1) is 0 Å². The van der Waals surface area contributed by atoms with Crippen LogP contribution in [0.15, 0.2) is 54.1 Å². The Morgan fingerprint density at radius 3 is 2.44 bits per heavy atom. The zero-order chi connectivity index (χ0) is 30.8. The summed E-state index contributed by atoms with van der Waals surface area (Å²) in [6.07, 6.45) is 8.22. The molecule has 43 heavy (non-hydrogen) atoms. The molecule has 2 aromatic rings. The second kappa shape index (κ2) is 12.9. The summed E-state index contributed by atoms with van der Waals surface area (Å²) in [4.78, 5) is 28.2. The van der Waals surface area contributed by atoms with Crippen LogP contribution >= 0.6 is 0 Å². The topological polar surface area (TPSA) is 113 Å². The lowest BCUT2D eigenvalue weighted by atomic mass is 9.64. The first-order valence-electron chi connectivity index (χ1n) is 15.9. The summed E-state index contributed by atoms with van der Waals surface area (Å²) in [5.41, 5.74) is 8.57. The number of ether oxygens (including phenoxy) is 1. The summed E-state index contributed by atoms with van der Waals surface area (Å²) in [5.74, 6) is 0.296. The number of piperidine rings is 1. The van der Waals surface area contributed by atoms with Crippen LogP contribution in [0, 0.1) is 11.3 Å². The highest BCUT2D eigenvalue weighted by atomic mass is 16.5. The number of rotatable bonds is 6. The first-order valence-corrected chi connectivity index (χ1v) is 15.9. The quantitative estimate of drug-likeness (QED) is 0.317. The van der Waals surface area contributed by atoms with Crippen molar-refractivity contribution >= 4 is 11.7 Å². The number of hydrogen-bond acceptors (Lipinski definition) is 6. The molecule has 0 aromatic heterocycles. The fourth-order valence-corrected chi connectivity index (χ4v) is 7.84. The molecule has 1 heterocycles. The summed E-state index contributed by atoms with van der Waals surface area (Å²) in [6, 6.07) is 13.3. The van der Waals surface area contributed by atoms with Gasteiger partial charge in [0, 0.05) is 29.0 Å². The van der Waals surface area contributed by atoms with Gasteiger partial charge in [-0.3, -0.25) is 9.59 Å². The highest BCUT2D eigenvalue weighted by Crippen LogP contribution is 2.59. The molecule has 1 amide bonds. The van der Waals surface area contributed by atoms with E-state index in [1.165, 1.54) is 5.57 Å². The predicted molar refractivity (Wildman–Crippen MR) is 168 cm³/mol. The molecule has 1 aliphatic heterocycles. The molecule has 232 valence electrons. The lowest BCUT2D eigenvalue weighted by Crippen LogP contribution is -2.54. The van der Waals surface area contributed by atoms with Crippen LogP contribution in [0.3, 0.4) is 0 Å². The third kappa shape index (κ3) is 6.59. The van der Waals surface area contributed by atoms with E-state index in [4.69, 9.17) is 10.5 Å². The van der Waals surface area contributed by atoms with Gasteiger partial charge in [-0.2, -0.15) is 0 Å². The Balaban J connectivity index is 1.54. The second-order valence-electron chi connectivity index (χ2n) is 13.5. The number of nitrogens with two attached hydrogens (primary N) is 1. The molecule has 0 unspecified atom stereocenters. The molecule has 2 bridgehead atoms. The molecule has 1 saturated carbocycles. The number of likely N-dealkylation sites (tertiary alicyclic amines) is 1. The maximum Gasteiger partial charge on any atom is 0.220 e. The molecule has 7 heteroatoms. The molecular formula is C36H48N2O5. The number of carbonyl (C=O) groups excluding carboxylic acids is 2. The van der Waals surface area contributed by atoms with Gasteiger partial charge in [-0.25, -0.2) is 0 Å². The Bertz CT molecular complexity index is 1350. The third-order valence-electron chi connectivity index (χ3n) is 10.7. The van der Waals surface area contributed by atoms with Crippen LogP contribution < -0.4 is 10.5 Å². The highest BCUT2D eigenvalue weighted by Gasteiger charge is 2.57. The smallest absolute Gasteiger partial charge is 0.220 e. The average Bonchev–Trinajstić information content (AvgIpc) is 3.24. The van der Waals surface area contributed by atoms with Gasteiger partial charge >= 0.3 is 0 Å². The van der Waals surface area contributed by atoms with Crippen molar-refractivity contribution in [2.45, 2.75) is 89.3 Å². The van der Waals surface area contributed by atoms with Gasteiger partial charge in [0.2, 0.25) is 5.91 Å². The molecule has 6 rings (SSSR count). The Morgan fingerprint density at radius 1 is 1.05 bits per heavy atom. The molecule has 4 atom stereocenters. The van der Waals surface area contributed by atoms with E-state index in [0.717, 1.165) is 62.7 Å². The number of carbonyl (C=O) groups is 2. The van der Waals surface area contributed by atoms with E-state index < -0.39 is 17.1 Å². The number of methoxy groups -OCH3 is 1. The summed E-state index contributed by atoms with van der Waals surface area (Å²) in [7, 11) is 1.61. The Labute approximate surface area is 256 Å². The number of fused-ring (bicyclic) bond motifs is 8. The molecule has 0 radical (unpaired) electrons. The van der Waals surface area contributed by atoms with Crippen LogP contribution in [0.2, 0.25) is 0 Å². The van der Waals surface area contributed by atoms with Crippen LogP contribution in [-0.4, -0.2) is 65.3 Å². The normalized spacial score (nSPS) is 29.0. The standard InChI is InChI=1S/C36H48N2O5/c1-24-5-4-17-35(2)32(14-18-36(35,42)23-38-19-15-27(16-20-38)34(37)41)30-13-7-25(21-28(39)10-6-24)22-31(30)33(40)26-8-11-29(43-3)12-9-26/h5,7-9,11-13,22,27-28,32,39,42H,4,6,10,14-21,23H2,1-3H3,(H2,37,41)/t28-,32-,35-,36+/m0/s1. The first-order chi connectivity index (χ1) is 20.5. The van der Waals surface area contributed by atoms with Gasteiger partial charge in [0.05, 0.1) is 18.8 Å². The van der Waals surface area contributed by atoms with Crippen LogP contribution in [0.1, 0.15) is 98.2 Å². The number of hydrogen-bond donors (Lipinski definition) is 3. The minimum Gasteiger partial charge on any atom is -0.497 e. The van der Waals surface area contributed by atoms with Gasteiger partial charge in [0.25, 0.3) is 0 Å². The zero-order valence-corrected chi connectivity index (χ0v) is 26.0. The van der Waals surface area contributed by atoms with Crippen molar-refractivity contribution in [1.82, 2.24) is 4.90 Å². The predicted octanol–water partition coefficient (Wildman–Crippen LogP) is 5.16. The number of β-amino-alcohol motifs (C(OH)–C–C–N with tert-alkyl or cyclic N) is 1. The summed E-state index contributed by atoms with van der Waals surface area (Å²) < 4.78 is 5.32. The lowest BCUT2D eigenvalue weighted by molar-refractivity contribution is -0.124. The first kappa shape index (κ1) is 31.4. The minimum atomic E-state index is -0.953. The van der Waals surface area contributed by atoms with Crippen molar-refractivity contribution in [2.24, 2.45) is 17.1 Å². The molecular weight excluding hydrogens is 540 g/mol. The van der Waals surface area contributed by atoms with E-state index in [1.807, 2.05) is 6.07 Å². The molecule has 7 nitrogen and oxygen atoms in total. The van der Waals surface area contributed by atoms with Gasteiger partial charge < -0.3 is 25.6 Å². The van der Waals surface area contributed by atoms with Gasteiger partial charge in [0.1, 0.15) is 5.75 Å². The number of aliphatic hydroxyl groups excluding tert-OH is 1. The Hall–Kier alpha value is -3.00.